The highest BCUT2D eigenvalue weighted by atomic mass is 16.3. The Kier molecular flexibility index (Phi) is 5.22. The normalized spacial score (nSPS) is 12.5. The summed E-state index contributed by atoms with van der Waals surface area (Å²) >= 11 is 0. The van der Waals surface area contributed by atoms with E-state index < -0.39 is 6.10 Å². The molecule has 0 saturated heterocycles. The third-order valence-corrected chi connectivity index (χ3v) is 2.53. The van der Waals surface area contributed by atoms with Crippen molar-refractivity contribution in [1.82, 2.24) is 4.98 Å². The Labute approximate surface area is 96.6 Å². The van der Waals surface area contributed by atoms with Crippen LogP contribution >= 0.6 is 0 Å². The number of pyridine rings is 1. The predicted molar refractivity (Wildman–Crippen MR) is 64.5 cm³/mol. The van der Waals surface area contributed by atoms with Crippen LogP contribution in [-0.2, 0) is 0 Å². The van der Waals surface area contributed by atoms with Crippen LogP contribution in [0.5, 0.6) is 0 Å². The summed E-state index contributed by atoms with van der Waals surface area (Å²) in [5, 5.41) is 18.5. The van der Waals surface area contributed by atoms with Gasteiger partial charge in [-0.05, 0) is 26.3 Å². The number of nitrogens with zero attached hydrogens (tertiary/aromatic N) is 2. The summed E-state index contributed by atoms with van der Waals surface area (Å²) in [6.07, 6.45) is 1.92. The molecule has 0 spiro atoms. The second-order valence-corrected chi connectivity index (χ2v) is 3.75. The second-order valence-electron chi connectivity index (χ2n) is 3.75. The fraction of sp³-hybridized carbons (Fsp3) is 0.583. The largest absolute Gasteiger partial charge is 0.396 e. The molecule has 1 atom stereocenters. The molecule has 2 N–H and O–H groups in total. The maximum Gasteiger partial charge on any atom is 0.134 e. The van der Waals surface area contributed by atoms with Gasteiger partial charge in [0.15, 0.2) is 0 Å². The van der Waals surface area contributed by atoms with Gasteiger partial charge in [-0.25, -0.2) is 4.98 Å². The zero-order valence-corrected chi connectivity index (χ0v) is 9.93. The molecule has 16 heavy (non-hydrogen) atoms. The first-order chi connectivity index (χ1) is 7.70. The van der Waals surface area contributed by atoms with E-state index in [-0.39, 0.29) is 6.61 Å². The van der Waals surface area contributed by atoms with Crippen LogP contribution < -0.4 is 4.90 Å². The van der Waals surface area contributed by atoms with Crippen molar-refractivity contribution < 1.29 is 10.2 Å². The summed E-state index contributed by atoms with van der Waals surface area (Å²) in [7, 11) is 0. The minimum Gasteiger partial charge on any atom is -0.396 e. The standard InChI is InChI=1S/C12H20N2O2/c1-3-14(8-5-9-15)12-11(10(2)16)6-4-7-13-12/h4,6-7,10,15-16H,3,5,8-9H2,1-2H3/t10-/m1/s1. The van der Waals surface area contributed by atoms with Crippen molar-refractivity contribution in [3.8, 4) is 0 Å². The molecule has 0 aliphatic carbocycles. The van der Waals surface area contributed by atoms with E-state index >= 15 is 0 Å². The van der Waals surface area contributed by atoms with Crippen molar-refractivity contribution in [3.63, 3.8) is 0 Å². The van der Waals surface area contributed by atoms with Gasteiger partial charge in [-0.1, -0.05) is 6.07 Å². The van der Waals surface area contributed by atoms with E-state index in [2.05, 4.69) is 9.88 Å². The van der Waals surface area contributed by atoms with E-state index in [0.29, 0.717) is 6.42 Å². The lowest BCUT2D eigenvalue weighted by Gasteiger charge is -2.24. The van der Waals surface area contributed by atoms with Crippen LogP contribution in [0.2, 0.25) is 0 Å². The van der Waals surface area contributed by atoms with Gasteiger partial charge in [-0.2, -0.15) is 0 Å². The number of aliphatic hydroxyl groups excluding tert-OH is 2. The fourth-order valence-electron chi connectivity index (χ4n) is 1.68. The van der Waals surface area contributed by atoms with Gasteiger partial charge >= 0.3 is 0 Å². The molecule has 0 unspecified atom stereocenters. The molecule has 0 amide bonds. The molecule has 90 valence electrons. The number of hydrogen-bond donors (Lipinski definition) is 2. The van der Waals surface area contributed by atoms with Gasteiger partial charge in [0.2, 0.25) is 0 Å². The Bertz CT molecular complexity index is 316. The average Bonchev–Trinajstić information content (AvgIpc) is 2.30. The first kappa shape index (κ1) is 12.9. The van der Waals surface area contributed by atoms with Gasteiger partial charge in [0.1, 0.15) is 5.82 Å². The fourth-order valence-corrected chi connectivity index (χ4v) is 1.68. The molecule has 0 aromatic carbocycles. The van der Waals surface area contributed by atoms with E-state index in [4.69, 9.17) is 5.11 Å². The Morgan fingerprint density at radius 3 is 2.81 bits per heavy atom. The van der Waals surface area contributed by atoms with Crippen molar-refractivity contribution in [3.05, 3.63) is 23.9 Å². The molecule has 0 fully saturated rings. The molecule has 0 radical (unpaired) electrons. The van der Waals surface area contributed by atoms with Crippen LogP contribution in [0.4, 0.5) is 5.82 Å². The quantitative estimate of drug-likeness (QED) is 0.765. The lowest BCUT2D eigenvalue weighted by Crippen LogP contribution is -2.27. The summed E-state index contributed by atoms with van der Waals surface area (Å²) in [5.74, 6) is 0.813. The van der Waals surface area contributed by atoms with Gasteiger partial charge in [0.05, 0.1) is 6.10 Å². The maximum absolute atomic E-state index is 9.66. The first-order valence-electron chi connectivity index (χ1n) is 5.69. The van der Waals surface area contributed by atoms with Gasteiger partial charge < -0.3 is 15.1 Å². The highest BCUT2D eigenvalue weighted by Gasteiger charge is 2.13. The summed E-state index contributed by atoms with van der Waals surface area (Å²) in [5.41, 5.74) is 0.835. The van der Waals surface area contributed by atoms with Crippen molar-refractivity contribution in [2.75, 3.05) is 24.6 Å². The Morgan fingerprint density at radius 2 is 2.25 bits per heavy atom. The van der Waals surface area contributed by atoms with E-state index in [0.717, 1.165) is 24.5 Å². The molecule has 0 saturated carbocycles. The summed E-state index contributed by atoms with van der Waals surface area (Å²) < 4.78 is 0. The third-order valence-electron chi connectivity index (χ3n) is 2.53. The summed E-state index contributed by atoms with van der Waals surface area (Å²) in [6, 6.07) is 3.71. The van der Waals surface area contributed by atoms with Crippen molar-refractivity contribution in [1.29, 1.82) is 0 Å². The van der Waals surface area contributed by atoms with Crippen LogP contribution in [0.15, 0.2) is 18.3 Å². The van der Waals surface area contributed by atoms with Crippen LogP contribution in [-0.4, -0.2) is 34.9 Å². The predicted octanol–water partition coefficient (Wildman–Crippen LogP) is 1.34. The Morgan fingerprint density at radius 1 is 1.50 bits per heavy atom. The number of aromatic nitrogens is 1. The van der Waals surface area contributed by atoms with Crippen LogP contribution in [0.25, 0.3) is 0 Å². The maximum atomic E-state index is 9.66. The zero-order chi connectivity index (χ0) is 12.0. The van der Waals surface area contributed by atoms with Crippen LogP contribution in [0, 0.1) is 0 Å². The van der Waals surface area contributed by atoms with Crippen LogP contribution in [0.3, 0.4) is 0 Å². The number of rotatable bonds is 6. The molecule has 4 nitrogen and oxygen atoms in total. The monoisotopic (exact) mass is 224 g/mol. The third kappa shape index (κ3) is 3.18. The molecule has 0 bridgehead atoms. The second kappa shape index (κ2) is 6.45. The number of hydrogen-bond acceptors (Lipinski definition) is 4. The molecular weight excluding hydrogens is 204 g/mol. The van der Waals surface area contributed by atoms with Crippen molar-refractivity contribution in [2.24, 2.45) is 0 Å². The van der Waals surface area contributed by atoms with Gasteiger partial charge in [-0.3, -0.25) is 0 Å². The molecule has 1 aromatic heterocycles. The van der Waals surface area contributed by atoms with Gasteiger partial charge in [0.25, 0.3) is 0 Å². The highest BCUT2D eigenvalue weighted by Crippen LogP contribution is 2.23. The number of aliphatic hydroxyl groups is 2. The zero-order valence-electron chi connectivity index (χ0n) is 9.93. The molecule has 4 heteroatoms. The SMILES string of the molecule is CCN(CCCO)c1ncccc1[C@@H](C)O. The van der Waals surface area contributed by atoms with E-state index in [1.54, 1.807) is 13.1 Å². The summed E-state index contributed by atoms with van der Waals surface area (Å²) in [4.78, 5) is 6.38. The molecule has 1 rings (SSSR count). The van der Waals surface area contributed by atoms with Crippen molar-refractivity contribution in [2.45, 2.75) is 26.4 Å². The molecule has 1 aromatic rings. The highest BCUT2D eigenvalue weighted by molar-refractivity contribution is 5.47. The molecular formula is C12H20N2O2. The minimum atomic E-state index is -0.521. The lowest BCUT2D eigenvalue weighted by atomic mass is 10.1. The Balaban J connectivity index is 2.90. The molecule has 0 aliphatic heterocycles. The first-order valence-corrected chi connectivity index (χ1v) is 5.69. The lowest BCUT2D eigenvalue weighted by molar-refractivity contribution is 0.199. The average molecular weight is 224 g/mol. The van der Waals surface area contributed by atoms with Crippen molar-refractivity contribution >= 4 is 5.82 Å². The van der Waals surface area contributed by atoms with Gasteiger partial charge in [0, 0.05) is 31.5 Å². The van der Waals surface area contributed by atoms with E-state index in [9.17, 15) is 5.11 Å². The Hall–Kier alpha value is -1.13. The van der Waals surface area contributed by atoms with Crippen LogP contribution in [0.1, 0.15) is 31.9 Å². The minimum absolute atomic E-state index is 0.174. The van der Waals surface area contributed by atoms with E-state index in [1.807, 2.05) is 19.1 Å². The topological polar surface area (TPSA) is 56.6 Å². The van der Waals surface area contributed by atoms with Gasteiger partial charge in [-0.15, -0.1) is 0 Å². The number of anilines is 1. The summed E-state index contributed by atoms with van der Waals surface area (Å²) in [6.45, 7) is 5.52. The van der Waals surface area contributed by atoms with E-state index in [1.165, 1.54) is 0 Å². The smallest absolute Gasteiger partial charge is 0.134 e. The molecule has 1 heterocycles. The molecule has 0 aliphatic rings.